The molecule has 12 nitrogen and oxygen atoms in total. The minimum atomic E-state index is -0.406. The topological polar surface area (TPSA) is 170 Å². The molecule has 3 aromatic carbocycles. The van der Waals surface area contributed by atoms with Gasteiger partial charge < -0.3 is 27.5 Å². The fourth-order valence-electron chi connectivity index (χ4n) is 7.84. The van der Waals surface area contributed by atoms with Gasteiger partial charge in [-0.25, -0.2) is 14.4 Å². The van der Waals surface area contributed by atoms with Gasteiger partial charge in [0, 0.05) is 71.8 Å². The molecule has 3 heterocycles. The first-order valence-corrected chi connectivity index (χ1v) is 25.1. The van der Waals surface area contributed by atoms with Crippen molar-refractivity contribution in [1.82, 2.24) is 0 Å². The first kappa shape index (κ1) is 55.3. The molecule has 69 heavy (non-hydrogen) atoms. The van der Waals surface area contributed by atoms with Crippen LogP contribution in [0.25, 0.3) is 32.9 Å². The van der Waals surface area contributed by atoms with E-state index < -0.39 is 16.9 Å². The van der Waals surface area contributed by atoms with E-state index in [1.165, 1.54) is 88.8 Å². The summed E-state index contributed by atoms with van der Waals surface area (Å²) >= 11 is 0. The molecule has 6 rings (SSSR count). The molecule has 0 N–H and O–H groups in total. The highest BCUT2D eigenvalue weighted by molar-refractivity contribution is 5.84. The van der Waals surface area contributed by atoms with Gasteiger partial charge in [0.2, 0.25) is 0 Å². The highest BCUT2D eigenvalue weighted by Crippen LogP contribution is 2.25. The zero-order chi connectivity index (χ0) is 50.0. The number of carbonyl (C=O) groups excluding carboxylic acids is 3. The number of unbranched alkanes of at least 4 members (excludes halogenated alkanes) is 15. The lowest BCUT2D eigenvalue weighted by Gasteiger charge is -2.06. The van der Waals surface area contributed by atoms with E-state index in [0.717, 1.165) is 77.8 Å². The van der Waals surface area contributed by atoms with Gasteiger partial charge in [-0.2, -0.15) is 0 Å². The van der Waals surface area contributed by atoms with Crippen molar-refractivity contribution in [1.29, 1.82) is 0 Å². The number of hydrogen-bond donors (Lipinski definition) is 0. The van der Waals surface area contributed by atoms with Crippen molar-refractivity contribution < 1.29 is 41.8 Å². The lowest BCUT2D eigenvalue weighted by Crippen LogP contribution is -2.07. The number of rotatable bonds is 24. The number of benzene rings is 3. The van der Waals surface area contributed by atoms with Gasteiger partial charge in [0.05, 0.1) is 0 Å². The maximum absolute atomic E-state index is 12.1. The monoisotopic (exact) mass is 949 g/mol. The average molecular weight is 949 g/mol. The predicted octanol–water partition coefficient (Wildman–Crippen LogP) is 14.3. The van der Waals surface area contributed by atoms with Gasteiger partial charge in [-0.3, -0.25) is 14.4 Å². The van der Waals surface area contributed by atoms with Gasteiger partial charge in [0.15, 0.2) is 0 Å². The average Bonchev–Trinajstić information content (AvgIpc) is 3.29. The quantitative estimate of drug-likeness (QED) is 0.0244. The third-order valence-corrected chi connectivity index (χ3v) is 11.6. The summed E-state index contributed by atoms with van der Waals surface area (Å²) in [5.74, 6) is 0.474. The Morgan fingerprint density at radius 1 is 0.362 bits per heavy atom. The molecule has 0 amide bonds. The van der Waals surface area contributed by atoms with Crippen LogP contribution in [-0.4, -0.2) is 17.9 Å². The van der Waals surface area contributed by atoms with Crippen LogP contribution in [0.1, 0.15) is 172 Å². The normalized spacial score (nSPS) is 10.9. The number of hydrogen-bond acceptors (Lipinski definition) is 12. The van der Waals surface area contributed by atoms with Gasteiger partial charge in [-0.15, -0.1) is 0 Å². The van der Waals surface area contributed by atoms with Crippen LogP contribution in [0.4, 0.5) is 0 Å². The fraction of sp³-hybridized carbons (Fsp3) is 0.474. The number of aryl methyl sites for hydroxylation is 3. The molecule has 0 radical (unpaired) electrons. The molecule has 372 valence electrons. The zero-order valence-electron chi connectivity index (χ0n) is 41.7. The SMILES string of the molecule is CCCC(=O)Oc1ccc2c(C)cc(=O)oc2c1.CCCCCCC(=O)Oc1ccc2c(C)cc(=O)oc2c1.CCCCCCCCCCCCCCCC(=O)Oc1ccc2c(C)cc(=O)oc2c1. The molecular weight excluding hydrogens is 877 g/mol. The van der Waals surface area contributed by atoms with Gasteiger partial charge in [-0.1, -0.05) is 117 Å². The molecule has 0 aliphatic carbocycles. The van der Waals surface area contributed by atoms with Crippen molar-refractivity contribution in [3.63, 3.8) is 0 Å². The van der Waals surface area contributed by atoms with Crippen molar-refractivity contribution in [2.75, 3.05) is 0 Å². The van der Waals surface area contributed by atoms with Crippen LogP contribution in [0.3, 0.4) is 0 Å². The molecule has 3 aromatic heterocycles. The summed E-state index contributed by atoms with van der Waals surface area (Å²) < 4.78 is 31.2. The molecular formula is C57H72O12. The van der Waals surface area contributed by atoms with Crippen molar-refractivity contribution in [3.05, 3.63) is 121 Å². The summed E-state index contributed by atoms with van der Waals surface area (Å²) in [6.07, 6.45) is 22.8. The van der Waals surface area contributed by atoms with E-state index >= 15 is 0 Å². The lowest BCUT2D eigenvalue weighted by molar-refractivity contribution is -0.135. The number of esters is 3. The third kappa shape index (κ3) is 20.1. The minimum Gasteiger partial charge on any atom is -0.426 e. The molecule has 0 bridgehead atoms. The highest BCUT2D eigenvalue weighted by atomic mass is 16.5. The molecule has 0 saturated heterocycles. The van der Waals surface area contributed by atoms with Gasteiger partial charge in [-0.05, 0) is 93.1 Å². The standard InChI is InChI=1S/C26H38O4.C17H20O4.C14H14O4/c1-3-4-5-6-7-8-9-10-11-12-13-14-15-16-25(27)29-22-17-18-23-21(2)19-26(28)30-24(23)20-22;1-3-4-5-6-7-16(18)20-13-8-9-14-12(2)10-17(19)21-15(14)11-13;1-3-4-13(15)17-10-5-6-11-9(2)7-14(16)18-12(11)8-10/h17-20H,3-16H2,1-2H3;8-11H,3-7H2,1-2H3;5-8H,3-4H2,1-2H3. The molecule has 0 aliphatic heterocycles. The Balaban J connectivity index is 0.000000234. The van der Waals surface area contributed by atoms with Crippen LogP contribution < -0.4 is 31.1 Å². The second-order valence-electron chi connectivity index (χ2n) is 17.7. The summed E-state index contributed by atoms with van der Waals surface area (Å²) in [5.41, 5.74) is 2.66. The lowest BCUT2D eigenvalue weighted by atomic mass is 10.0. The van der Waals surface area contributed by atoms with E-state index in [9.17, 15) is 28.8 Å². The molecule has 0 aliphatic rings. The molecule has 0 saturated carbocycles. The summed E-state index contributed by atoms with van der Waals surface area (Å²) in [6.45, 7) is 11.8. The Hall–Kier alpha value is -6.30. The van der Waals surface area contributed by atoms with E-state index in [-0.39, 0.29) is 17.9 Å². The van der Waals surface area contributed by atoms with Crippen LogP contribution in [0.15, 0.2) is 100 Å². The van der Waals surface area contributed by atoms with Crippen LogP contribution in [-0.2, 0) is 14.4 Å². The van der Waals surface area contributed by atoms with E-state index in [1.807, 2.05) is 33.8 Å². The number of ether oxygens (including phenoxy) is 3. The molecule has 0 atom stereocenters. The summed E-state index contributed by atoms with van der Waals surface area (Å²) in [4.78, 5) is 69.3. The zero-order valence-corrected chi connectivity index (χ0v) is 41.7. The Kier molecular flexibility index (Phi) is 24.2. The van der Waals surface area contributed by atoms with Crippen LogP contribution in [0.2, 0.25) is 0 Å². The Morgan fingerprint density at radius 2 is 0.638 bits per heavy atom. The van der Waals surface area contributed by atoms with Crippen molar-refractivity contribution in [2.45, 2.75) is 176 Å². The molecule has 0 fully saturated rings. The van der Waals surface area contributed by atoms with Crippen molar-refractivity contribution in [3.8, 4) is 17.2 Å². The molecule has 0 unspecified atom stereocenters. The Bertz CT molecular complexity index is 2740. The van der Waals surface area contributed by atoms with Crippen LogP contribution in [0, 0.1) is 20.8 Å². The van der Waals surface area contributed by atoms with E-state index in [2.05, 4.69) is 13.8 Å². The number of fused-ring (bicyclic) bond motifs is 3. The maximum Gasteiger partial charge on any atom is 0.336 e. The van der Waals surface area contributed by atoms with E-state index in [0.29, 0.717) is 53.3 Å². The minimum absolute atomic E-state index is 0.229. The smallest absolute Gasteiger partial charge is 0.336 e. The van der Waals surface area contributed by atoms with Crippen molar-refractivity contribution in [2.24, 2.45) is 0 Å². The van der Waals surface area contributed by atoms with Gasteiger partial charge >= 0.3 is 34.8 Å². The first-order valence-electron chi connectivity index (χ1n) is 25.1. The summed E-state index contributed by atoms with van der Waals surface area (Å²) in [5, 5.41) is 2.54. The highest BCUT2D eigenvalue weighted by Gasteiger charge is 2.11. The molecule has 6 aromatic rings. The van der Waals surface area contributed by atoms with Gasteiger partial charge in [0.25, 0.3) is 0 Å². The van der Waals surface area contributed by atoms with E-state index in [4.69, 9.17) is 27.5 Å². The number of carbonyl (C=O) groups is 3. The van der Waals surface area contributed by atoms with Crippen LogP contribution >= 0.6 is 0 Å². The van der Waals surface area contributed by atoms with Gasteiger partial charge in [0.1, 0.15) is 34.0 Å². The molecule has 0 spiro atoms. The first-order chi connectivity index (χ1) is 33.3. The largest absolute Gasteiger partial charge is 0.426 e. The van der Waals surface area contributed by atoms with Crippen molar-refractivity contribution >= 4 is 50.8 Å². The summed E-state index contributed by atoms with van der Waals surface area (Å²) in [7, 11) is 0. The van der Waals surface area contributed by atoms with E-state index in [1.54, 1.807) is 48.5 Å². The molecule has 12 heteroatoms. The predicted molar refractivity (Wildman–Crippen MR) is 273 cm³/mol. The summed E-state index contributed by atoms with van der Waals surface area (Å²) in [6, 6.07) is 19.7. The fourth-order valence-corrected chi connectivity index (χ4v) is 7.84. The second kappa shape index (κ2) is 30.2. The second-order valence-corrected chi connectivity index (χ2v) is 17.7. The Labute approximate surface area is 405 Å². The maximum atomic E-state index is 12.1. The third-order valence-electron chi connectivity index (χ3n) is 11.6. The van der Waals surface area contributed by atoms with Crippen LogP contribution in [0.5, 0.6) is 17.2 Å². The Morgan fingerprint density at radius 3 is 0.942 bits per heavy atom.